The number of nitrogens with zero attached hydrogens (tertiary/aromatic N) is 2. The van der Waals surface area contributed by atoms with E-state index in [1.54, 1.807) is 30.3 Å². The van der Waals surface area contributed by atoms with Crippen LogP contribution in [0.2, 0.25) is 5.02 Å². The first-order valence-corrected chi connectivity index (χ1v) is 8.02. The van der Waals surface area contributed by atoms with Crippen molar-refractivity contribution in [3.05, 3.63) is 41.0 Å². The molecule has 2 amide bonds. The van der Waals surface area contributed by atoms with Crippen molar-refractivity contribution in [2.24, 2.45) is 0 Å². The van der Waals surface area contributed by atoms with Gasteiger partial charge in [-0.15, -0.1) is 0 Å². The molecule has 2 aromatic rings. The van der Waals surface area contributed by atoms with Crippen LogP contribution in [0.25, 0.3) is 10.9 Å². The number of hydrogen-bond acceptors (Lipinski definition) is 4. The number of carboxylic acids is 1. The van der Waals surface area contributed by atoms with Crippen molar-refractivity contribution in [3.63, 3.8) is 0 Å². The zero-order chi connectivity index (χ0) is 18.6. The Morgan fingerprint density at radius 2 is 1.96 bits per heavy atom. The molecule has 1 atom stereocenters. The molecule has 0 spiro atoms. The van der Waals surface area contributed by atoms with Gasteiger partial charge < -0.3 is 15.3 Å². The molecule has 0 aliphatic carbocycles. The molecule has 0 saturated carbocycles. The summed E-state index contributed by atoms with van der Waals surface area (Å²) in [5.41, 5.74) is 0.661. The molecule has 0 radical (unpaired) electrons. The van der Waals surface area contributed by atoms with Gasteiger partial charge in [0.1, 0.15) is 11.7 Å². The highest BCUT2D eigenvalue weighted by molar-refractivity contribution is 6.31. The van der Waals surface area contributed by atoms with E-state index in [9.17, 15) is 19.5 Å². The predicted molar refractivity (Wildman–Crippen MR) is 93.6 cm³/mol. The van der Waals surface area contributed by atoms with Gasteiger partial charge in [-0.3, -0.25) is 9.59 Å². The molecule has 7 nitrogen and oxygen atoms in total. The lowest BCUT2D eigenvalue weighted by Gasteiger charge is -2.26. The molecule has 1 aromatic carbocycles. The number of amides is 2. The third kappa shape index (κ3) is 4.67. The van der Waals surface area contributed by atoms with E-state index in [1.807, 2.05) is 0 Å². The first-order chi connectivity index (χ1) is 11.8. The zero-order valence-electron chi connectivity index (χ0n) is 13.8. The average Bonchev–Trinajstić information content (AvgIpc) is 2.56. The fourth-order valence-corrected chi connectivity index (χ4v) is 2.48. The molecular formula is C17H18ClN3O4. The van der Waals surface area contributed by atoms with Crippen molar-refractivity contribution < 1.29 is 19.5 Å². The van der Waals surface area contributed by atoms with Gasteiger partial charge >= 0.3 is 5.97 Å². The summed E-state index contributed by atoms with van der Waals surface area (Å²) in [6, 6.07) is 7.35. The van der Waals surface area contributed by atoms with Gasteiger partial charge in [0.25, 0.3) is 5.91 Å². The highest BCUT2D eigenvalue weighted by atomic mass is 35.5. The van der Waals surface area contributed by atoms with Gasteiger partial charge in [0.05, 0.1) is 5.52 Å². The lowest BCUT2D eigenvalue weighted by atomic mass is 10.2. The number of pyridine rings is 1. The smallest absolute Gasteiger partial charge is 0.326 e. The van der Waals surface area contributed by atoms with Crippen molar-refractivity contribution in [1.82, 2.24) is 15.2 Å². The fraction of sp³-hybridized carbons (Fsp3) is 0.294. The molecule has 0 aliphatic heterocycles. The summed E-state index contributed by atoms with van der Waals surface area (Å²) in [6.07, 6.45) is 0. The van der Waals surface area contributed by atoms with Crippen LogP contribution in [0.4, 0.5) is 0 Å². The highest BCUT2D eigenvalue weighted by Gasteiger charge is 2.27. The SMILES string of the molecule is CC(=O)NCCN(C(=O)c1ccc2ccc(Cl)cc2n1)C(C)C(=O)O. The molecule has 2 rings (SSSR count). The normalized spacial score (nSPS) is 11.8. The van der Waals surface area contributed by atoms with E-state index in [1.165, 1.54) is 13.8 Å². The van der Waals surface area contributed by atoms with Gasteiger partial charge in [0.15, 0.2) is 0 Å². The van der Waals surface area contributed by atoms with Crippen LogP contribution in [0.15, 0.2) is 30.3 Å². The summed E-state index contributed by atoms with van der Waals surface area (Å²) < 4.78 is 0. The Kier molecular flexibility index (Phi) is 5.93. The van der Waals surface area contributed by atoms with Gasteiger partial charge in [-0.05, 0) is 25.1 Å². The molecule has 0 bridgehead atoms. The molecule has 1 heterocycles. The van der Waals surface area contributed by atoms with Crippen LogP contribution in [0.1, 0.15) is 24.3 Å². The number of carboxylic acid groups (broad SMARTS) is 1. The Morgan fingerprint density at radius 1 is 1.28 bits per heavy atom. The molecule has 2 N–H and O–H groups in total. The van der Waals surface area contributed by atoms with E-state index in [0.29, 0.717) is 10.5 Å². The van der Waals surface area contributed by atoms with Crippen LogP contribution < -0.4 is 5.32 Å². The maximum atomic E-state index is 12.7. The Hall–Kier alpha value is -2.67. The van der Waals surface area contributed by atoms with Crippen molar-refractivity contribution >= 4 is 40.3 Å². The minimum Gasteiger partial charge on any atom is -0.480 e. The van der Waals surface area contributed by atoms with Crippen LogP contribution in [-0.4, -0.2) is 51.9 Å². The van der Waals surface area contributed by atoms with Gasteiger partial charge in [0.2, 0.25) is 5.91 Å². The van der Waals surface area contributed by atoms with Crippen molar-refractivity contribution in [1.29, 1.82) is 0 Å². The van der Waals surface area contributed by atoms with E-state index < -0.39 is 17.9 Å². The maximum absolute atomic E-state index is 12.7. The van der Waals surface area contributed by atoms with Gasteiger partial charge in [-0.1, -0.05) is 23.7 Å². The number of benzene rings is 1. The van der Waals surface area contributed by atoms with Gasteiger partial charge in [0, 0.05) is 30.4 Å². The highest BCUT2D eigenvalue weighted by Crippen LogP contribution is 2.19. The number of hydrogen-bond donors (Lipinski definition) is 2. The number of fused-ring (bicyclic) bond motifs is 1. The van der Waals surface area contributed by atoms with Crippen LogP contribution in [-0.2, 0) is 9.59 Å². The number of rotatable bonds is 6. The van der Waals surface area contributed by atoms with E-state index in [2.05, 4.69) is 10.3 Å². The molecule has 25 heavy (non-hydrogen) atoms. The summed E-state index contributed by atoms with van der Waals surface area (Å²) in [5, 5.41) is 13.1. The quantitative estimate of drug-likeness (QED) is 0.817. The van der Waals surface area contributed by atoms with Gasteiger partial charge in [-0.2, -0.15) is 0 Å². The van der Waals surface area contributed by atoms with E-state index in [-0.39, 0.29) is 24.7 Å². The number of carbonyl (C=O) groups is 3. The lowest BCUT2D eigenvalue weighted by molar-refractivity contribution is -0.141. The molecule has 1 aromatic heterocycles. The Labute approximate surface area is 149 Å². The molecule has 1 unspecified atom stereocenters. The molecule has 8 heteroatoms. The van der Waals surface area contributed by atoms with E-state index in [4.69, 9.17) is 11.6 Å². The Balaban J connectivity index is 2.30. The standard InChI is InChI=1S/C17H18ClN3O4/c1-10(17(24)25)21(8-7-19-11(2)22)16(23)14-6-4-12-3-5-13(18)9-15(12)20-14/h3-6,9-10H,7-8H2,1-2H3,(H,19,22)(H,24,25). The third-order valence-electron chi connectivity index (χ3n) is 3.69. The Bertz CT molecular complexity index is 825. The first kappa shape index (κ1) is 18.7. The fourth-order valence-electron chi connectivity index (χ4n) is 2.31. The van der Waals surface area contributed by atoms with Crippen molar-refractivity contribution in [2.45, 2.75) is 19.9 Å². The predicted octanol–water partition coefficient (Wildman–Crippen LogP) is 1.94. The van der Waals surface area contributed by atoms with Crippen LogP contribution in [0, 0.1) is 0 Å². The summed E-state index contributed by atoms with van der Waals surface area (Å²) in [5.74, 6) is -1.92. The lowest BCUT2D eigenvalue weighted by Crippen LogP contribution is -2.47. The third-order valence-corrected chi connectivity index (χ3v) is 3.92. The second-order valence-electron chi connectivity index (χ2n) is 5.53. The molecule has 132 valence electrons. The van der Waals surface area contributed by atoms with Crippen molar-refractivity contribution in [2.75, 3.05) is 13.1 Å². The number of carbonyl (C=O) groups excluding carboxylic acids is 2. The average molecular weight is 364 g/mol. The first-order valence-electron chi connectivity index (χ1n) is 7.64. The second kappa shape index (κ2) is 7.94. The summed E-state index contributed by atoms with van der Waals surface area (Å²) in [6.45, 7) is 2.96. The molecule has 0 saturated heterocycles. The van der Waals surface area contributed by atoms with E-state index in [0.717, 1.165) is 10.3 Å². The summed E-state index contributed by atoms with van der Waals surface area (Å²) >= 11 is 5.95. The molecular weight excluding hydrogens is 346 g/mol. The molecule has 0 fully saturated rings. The minimum absolute atomic E-state index is 0.0567. The Morgan fingerprint density at radius 3 is 2.60 bits per heavy atom. The van der Waals surface area contributed by atoms with Gasteiger partial charge in [-0.25, -0.2) is 9.78 Å². The number of halogens is 1. The largest absolute Gasteiger partial charge is 0.480 e. The molecule has 0 aliphatic rings. The summed E-state index contributed by atoms with van der Waals surface area (Å²) in [4.78, 5) is 40.5. The van der Waals surface area contributed by atoms with Crippen LogP contribution in [0.3, 0.4) is 0 Å². The van der Waals surface area contributed by atoms with Crippen LogP contribution in [0.5, 0.6) is 0 Å². The summed E-state index contributed by atoms with van der Waals surface area (Å²) in [7, 11) is 0. The monoisotopic (exact) mass is 363 g/mol. The topological polar surface area (TPSA) is 99.6 Å². The zero-order valence-corrected chi connectivity index (χ0v) is 14.6. The van der Waals surface area contributed by atoms with E-state index >= 15 is 0 Å². The minimum atomic E-state index is -1.14. The number of aliphatic carboxylic acids is 1. The van der Waals surface area contributed by atoms with Crippen molar-refractivity contribution in [3.8, 4) is 0 Å². The second-order valence-corrected chi connectivity index (χ2v) is 5.97. The maximum Gasteiger partial charge on any atom is 0.326 e. The number of nitrogens with one attached hydrogen (secondary N) is 1. The number of aromatic nitrogens is 1. The van der Waals surface area contributed by atoms with Crippen LogP contribution >= 0.6 is 11.6 Å².